The number of nitrogens with zero attached hydrogens (tertiary/aromatic N) is 3. The molecule has 0 saturated carbocycles. The summed E-state index contributed by atoms with van der Waals surface area (Å²) in [4.78, 5) is 25.3. The molecule has 2 N–H and O–H groups in total. The molecule has 7 nitrogen and oxygen atoms in total. The van der Waals surface area contributed by atoms with Gasteiger partial charge in [-0.05, 0) is 41.3 Å². The van der Waals surface area contributed by atoms with Crippen LogP contribution in [0.3, 0.4) is 0 Å². The van der Waals surface area contributed by atoms with Crippen molar-refractivity contribution in [3.05, 3.63) is 87.6 Å². The van der Waals surface area contributed by atoms with E-state index in [0.717, 1.165) is 16.0 Å². The molecular weight excluding hydrogens is 478 g/mol. The number of aromatic nitrogens is 3. The van der Waals surface area contributed by atoms with Crippen LogP contribution in [-0.4, -0.2) is 32.5 Å². The van der Waals surface area contributed by atoms with E-state index >= 15 is 0 Å². The van der Waals surface area contributed by atoms with Crippen LogP contribution < -0.4 is 10.6 Å². The highest BCUT2D eigenvalue weighted by Crippen LogP contribution is 2.26. The molecule has 0 aliphatic heterocycles. The largest absolute Gasteiger partial charge is 0.333 e. The number of hydrogen-bond donors (Lipinski definition) is 2. The molecule has 2 aromatic heterocycles. The molecule has 0 radical (unpaired) electrons. The Morgan fingerprint density at radius 2 is 1.79 bits per heavy atom. The highest BCUT2D eigenvalue weighted by Gasteiger charge is 2.17. The molecule has 2 aromatic carbocycles. The number of thioether (sulfide) groups is 1. The minimum absolute atomic E-state index is 0.0277. The Kier molecular flexibility index (Phi) is 7.77. The number of urea groups is 1. The summed E-state index contributed by atoms with van der Waals surface area (Å²) in [5.74, 6) is 0.290. The molecule has 168 valence electrons. The lowest BCUT2D eigenvalue weighted by Gasteiger charge is -2.11. The summed E-state index contributed by atoms with van der Waals surface area (Å²) in [5, 5.41) is 16.8. The van der Waals surface area contributed by atoms with Crippen LogP contribution in [0, 0.1) is 0 Å². The van der Waals surface area contributed by atoms with Crippen LogP contribution in [0.2, 0.25) is 5.02 Å². The fourth-order valence-corrected chi connectivity index (χ4v) is 4.54. The van der Waals surface area contributed by atoms with E-state index in [0.29, 0.717) is 29.1 Å². The lowest BCUT2D eigenvalue weighted by molar-refractivity contribution is -0.117. The van der Waals surface area contributed by atoms with Crippen molar-refractivity contribution in [3.8, 4) is 11.4 Å². The summed E-state index contributed by atoms with van der Waals surface area (Å²) in [6.45, 7) is 0.914. The normalized spacial score (nSPS) is 10.7. The molecule has 3 amide bonds. The number of amides is 3. The second-order valence-electron chi connectivity index (χ2n) is 6.98. The van der Waals surface area contributed by atoms with Crippen molar-refractivity contribution in [2.75, 3.05) is 5.75 Å². The van der Waals surface area contributed by atoms with Crippen molar-refractivity contribution in [2.24, 2.45) is 0 Å². The fourth-order valence-electron chi connectivity index (χ4n) is 3.03. The predicted octanol–water partition coefficient (Wildman–Crippen LogP) is 4.83. The monoisotopic (exact) mass is 497 g/mol. The smallest absolute Gasteiger partial charge is 0.321 e. The Balaban J connectivity index is 1.43. The number of nitrogens with one attached hydrogen (secondary N) is 2. The van der Waals surface area contributed by atoms with Crippen LogP contribution in [0.5, 0.6) is 0 Å². The minimum Gasteiger partial charge on any atom is -0.333 e. The van der Waals surface area contributed by atoms with Gasteiger partial charge in [-0.15, -0.1) is 21.5 Å². The maximum atomic E-state index is 12.3. The third kappa shape index (κ3) is 6.44. The number of carbonyl (C=O) groups excluding carboxylic acids is 2. The maximum Gasteiger partial charge on any atom is 0.321 e. The SMILES string of the molecule is O=C(CSc1nnc(-c2ccc(Cl)cc2)n1Cc1ccccc1)NC(=O)NCc1cccs1. The van der Waals surface area contributed by atoms with E-state index in [1.54, 1.807) is 12.1 Å². The van der Waals surface area contributed by atoms with E-state index < -0.39 is 11.9 Å². The molecule has 0 bridgehead atoms. The quantitative estimate of drug-likeness (QED) is 0.340. The third-order valence-corrected chi connectivity index (χ3v) is 6.69. The molecule has 33 heavy (non-hydrogen) atoms. The van der Waals surface area contributed by atoms with Crippen molar-refractivity contribution < 1.29 is 9.59 Å². The molecule has 0 spiro atoms. The molecule has 0 aliphatic carbocycles. The van der Waals surface area contributed by atoms with Gasteiger partial charge in [-0.3, -0.25) is 14.7 Å². The zero-order valence-electron chi connectivity index (χ0n) is 17.4. The zero-order chi connectivity index (χ0) is 23.0. The number of carbonyl (C=O) groups is 2. The first-order valence-corrected chi connectivity index (χ1v) is 12.3. The number of hydrogen-bond acceptors (Lipinski definition) is 6. The summed E-state index contributed by atoms with van der Waals surface area (Å²) in [6, 6.07) is 20.6. The molecule has 0 atom stereocenters. The van der Waals surface area contributed by atoms with Crippen LogP contribution in [-0.2, 0) is 17.9 Å². The van der Waals surface area contributed by atoms with E-state index in [1.807, 2.05) is 64.5 Å². The lowest BCUT2D eigenvalue weighted by atomic mass is 10.2. The molecule has 0 fully saturated rings. The van der Waals surface area contributed by atoms with Gasteiger partial charge in [0.15, 0.2) is 11.0 Å². The Labute approximate surface area is 204 Å². The summed E-state index contributed by atoms with van der Waals surface area (Å²) >= 11 is 8.79. The van der Waals surface area contributed by atoms with E-state index in [4.69, 9.17) is 11.6 Å². The molecule has 10 heteroatoms. The average Bonchev–Trinajstić information content (AvgIpc) is 3.48. The van der Waals surface area contributed by atoms with E-state index in [9.17, 15) is 9.59 Å². The van der Waals surface area contributed by atoms with Gasteiger partial charge in [-0.25, -0.2) is 4.79 Å². The molecule has 2 heterocycles. The summed E-state index contributed by atoms with van der Waals surface area (Å²) < 4.78 is 1.95. The highest BCUT2D eigenvalue weighted by atomic mass is 35.5. The van der Waals surface area contributed by atoms with Crippen molar-refractivity contribution in [1.82, 2.24) is 25.4 Å². The van der Waals surface area contributed by atoms with Crippen molar-refractivity contribution >= 4 is 46.6 Å². The molecule has 4 aromatic rings. The van der Waals surface area contributed by atoms with Gasteiger partial charge >= 0.3 is 6.03 Å². The van der Waals surface area contributed by atoms with Gasteiger partial charge < -0.3 is 5.32 Å². The molecular formula is C23H20ClN5O2S2. The Bertz CT molecular complexity index is 1210. The Hall–Kier alpha value is -3.14. The number of imide groups is 1. The Morgan fingerprint density at radius 1 is 1.00 bits per heavy atom. The van der Waals surface area contributed by atoms with Gasteiger partial charge in [-0.2, -0.15) is 0 Å². The number of thiophene rings is 1. The first-order valence-electron chi connectivity index (χ1n) is 10.0. The summed E-state index contributed by atoms with van der Waals surface area (Å²) in [7, 11) is 0. The van der Waals surface area contributed by atoms with Gasteiger partial charge in [0.2, 0.25) is 5.91 Å². The van der Waals surface area contributed by atoms with Gasteiger partial charge in [-0.1, -0.05) is 59.8 Å². The maximum absolute atomic E-state index is 12.3. The first-order chi connectivity index (χ1) is 16.1. The zero-order valence-corrected chi connectivity index (χ0v) is 19.8. The summed E-state index contributed by atoms with van der Waals surface area (Å²) in [5.41, 5.74) is 1.94. The fraction of sp³-hybridized carbons (Fsp3) is 0.130. The van der Waals surface area contributed by atoms with Gasteiger partial charge in [0.05, 0.1) is 18.8 Å². The van der Waals surface area contributed by atoms with E-state index in [1.165, 1.54) is 23.1 Å². The predicted molar refractivity (Wildman–Crippen MR) is 131 cm³/mol. The summed E-state index contributed by atoms with van der Waals surface area (Å²) in [6.07, 6.45) is 0. The van der Waals surface area contributed by atoms with Crippen LogP contribution in [0.15, 0.2) is 77.3 Å². The van der Waals surface area contributed by atoms with Gasteiger partial charge in [0, 0.05) is 15.5 Å². The van der Waals surface area contributed by atoms with E-state index in [-0.39, 0.29) is 5.75 Å². The minimum atomic E-state index is -0.526. The first kappa shape index (κ1) is 23.0. The molecule has 0 saturated heterocycles. The number of benzene rings is 2. The lowest BCUT2D eigenvalue weighted by Crippen LogP contribution is -2.39. The average molecular weight is 498 g/mol. The van der Waals surface area contributed by atoms with Gasteiger partial charge in [0.25, 0.3) is 0 Å². The third-order valence-electron chi connectivity index (χ3n) is 4.59. The molecule has 0 unspecified atom stereocenters. The second kappa shape index (κ2) is 11.1. The van der Waals surface area contributed by atoms with Crippen molar-refractivity contribution in [2.45, 2.75) is 18.2 Å². The molecule has 4 rings (SSSR count). The van der Waals surface area contributed by atoms with Gasteiger partial charge in [0.1, 0.15) is 0 Å². The van der Waals surface area contributed by atoms with Crippen LogP contribution >= 0.6 is 34.7 Å². The second-order valence-corrected chi connectivity index (χ2v) is 9.39. The van der Waals surface area contributed by atoms with Crippen LogP contribution in [0.25, 0.3) is 11.4 Å². The van der Waals surface area contributed by atoms with Crippen LogP contribution in [0.1, 0.15) is 10.4 Å². The standard InChI is InChI=1S/C23H20ClN5O2S2/c24-18-10-8-17(9-11-18)21-27-28-23(29(21)14-16-5-2-1-3-6-16)33-15-20(30)26-22(31)25-13-19-7-4-12-32-19/h1-12H,13-15H2,(H2,25,26,30,31). The Morgan fingerprint density at radius 3 is 2.52 bits per heavy atom. The highest BCUT2D eigenvalue weighted by molar-refractivity contribution is 7.99. The topological polar surface area (TPSA) is 88.9 Å². The number of rotatable bonds is 8. The van der Waals surface area contributed by atoms with Crippen molar-refractivity contribution in [1.29, 1.82) is 0 Å². The number of halogens is 1. The van der Waals surface area contributed by atoms with Crippen LogP contribution in [0.4, 0.5) is 4.79 Å². The molecule has 0 aliphatic rings. The van der Waals surface area contributed by atoms with E-state index in [2.05, 4.69) is 20.8 Å². The van der Waals surface area contributed by atoms with Crippen molar-refractivity contribution in [3.63, 3.8) is 0 Å².